The van der Waals surface area contributed by atoms with E-state index in [4.69, 9.17) is 33.6 Å². The molecule has 0 saturated heterocycles. The third-order valence-electron chi connectivity index (χ3n) is 0.419. The van der Waals surface area contributed by atoms with Crippen molar-refractivity contribution in [2.75, 3.05) is 18.4 Å². The van der Waals surface area contributed by atoms with Gasteiger partial charge in [0.15, 0.2) is 0 Å². The molecule has 0 aromatic heterocycles. The monoisotopic (exact) mass is 301 g/mol. The quantitative estimate of drug-likeness (QED) is 0.627. The van der Waals surface area contributed by atoms with Gasteiger partial charge in [-0.2, -0.15) is 5.26 Å². The summed E-state index contributed by atoms with van der Waals surface area (Å²) >= 11 is 10.1. The zero-order valence-corrected chi connectivity index (χ0v) is 13.6. The maximum Gasteiger partial charge on any atom is 0.302 e. The van der Waals surface area contributed by atoms with Crippen molar-refractivity contribution in [1.29, 1.82) is 5.26 Å². The van der Waals surface area contributed by atoms with Crippen LogP contribution in [0.1, 0.15) is 41.5 Å². The predicted molar refractivity (Wildman–Crippen MR) is 77.0 cm³/mol. The lowest BCUT2D eigenvalue weighted by Crippen LogP contribution is -2.10. The summed E-state index contributed by atoms with van der Waals surface area (Å²) in [6.07, 6.45) is 0. The standard InChI is InChI=1S/C4H8O2.C4H10O.C2H4Cl2.C2H3N/c1-3-6-4(2)5;1-4(2,3)5;3-1-2-4;1-2-3/h3H2,1-2H3;5H,1-3H3;1-2H2;1H3. The van der Waals surface area contributed by atoms with E-state index >= 15 is 0 Å². The summed E-state index contributed by atoms with van der Waals surface area (Å²) in [7, 11) is 0. The highest BCUT2D eigenvalue weighted by Gasteiger charge is 1.97. The molecule has 0 radical (unpaired) electrons. The molecule has 0 bridgehead atoms. The fourth-order valence-electron chi connectivity index (χ4n) is 0.203. The maximum absolute atomic E-state index is 9.82. The topological polar surface area (TPSA) is 70.3 Å². The fourth-order valence-corrected chi connectivity index (χ4v) is 0.203. The number of nitriles is 1. The first-order valence-electron chi connectivity index (χ1n) is 5.39. The minimum absolute atomic E-state index is 0.211. The molecular formula is C12H25Cl2NO3. The number of ether oxygens (including phenoxy) is 1. The third-order valence-corrected chi connectivity index (χ3v) is 0.990. The zero-order valence-electron chi connectivity index (χ0n) is 12.1. The molecule has 0 fully saturated rings. The van der Waals surface area contributed by atoms with Gasteiger partial charge in [-0.3, -0.25) is 4.79 Å². The molecule has 0 aromatic carbocycles. The average molecular weight is 302 g/mol. The van der Waals surface area contributed by atoms with Crippen LogP contribution < -0.4 is 0 Å². The SMILES string of the molecule is CC#N.CC(C)(C)O.CCOC(C)=O.ClCCCl. The molecule has 0 aliphatic carbocycles. The van der Waals surface area contributed by atoms with Gasteiger partial charge < -0.3 is 9.84 Å². The van der Waals surface area contributed by atoms with Crippen LogP contribution in [0.25, 0.3) is 0 Å². The molecule has 0 aromatic rings. The van der Waals surface area contributed by atoms with Gasteiger partial charge in [0, 0.05) is 25.6 Å². The van der Waals surface area contributed by atoms with Crippen molar-refractivity contribution in [3.8, 4) is 6.07 Å². The Labute approximate surface area is 121 Å². The van der Waals surface area contributed by atoms with Gasteiger partial charge in [-0.1, -0.05) is 0 Å². The van der Waals surface area contributed by atoms with E-state index in [1.807, 2.05) is 0 Å². The minimum atomic E-state index is -0.500. The molecule has 110 valence electrons. The second-order valence-corrected chi connectivity index (χ2v) is 4.45. The molecule has 1 N–H and O–H groups in total. The molecule has 0 aliphatic heterocycles. The summed E-state index contributed by atoms with van der Waals surface area (Å²) < 4.78 is 4.40. The van der Waals surface area contributed by atoms with Crippen molar-refractivity contribution < 1.29 is 14.6 Å². The molecular weight excluding hydrogens is 277 g/mol. The van der Waals surface area contributed by atoms with Gasteiger partial charge in [0.1, 0.15) is 0 Å². The van der Waals surface area contributed by atoms with Crippen molar-refractivity contribution in [3.05, 3.63) is 0 Å². The second kappa shape index (κ2) is 21.8. The van der Waals surface area contributed by atoms with Crippen molar-refractivity contribution in [1.82, 2.24) is 0 Å². The smallest absolute Gasteiger partial charge is 0.302 e. The van der Waals surface area contributed by atoms with Gasteiger partial charge >= 0.3 is 5.97 Å². The first kappa shape index (κ1) is 26.1. The Morgan fingerprint density at radius 1 is 1.33 bits per heavy atom. The number of rotatable bonds is 2. The third kappa shape index (κ3) is 266. The summed E-state index contributed by atoms with van der Waals surface area (Å²) in [4.78, 5) is 9.82. The first-order chi connectivity index (χ1) is 8.10. The van der Waals surface area contributed by atoms with Gasteiger partial charge in [-0.25, -0.2) is 0 Å². The highest BCUT2D eigenvalue weighted by molar-refractivity contribution is 6.25. The summed E-state index contributed by atoms with van der Waals surface area (Å²) in [5.74, 6) is 0.904. The van der Waals surface area contributed by atoms with Crippen LogP contribution in [0.4, 0.5) is 0 Å². The van der Waals surface area contributed by atoms with Crippen molar-refractivity contribution in [3.63, 3.8) is 0 Å². The molecule has 0 saturated carbocycles. The summed E-state index contributed by atoms with van der Waals surface area (Å²) in [5, 5.41) is 15.8. The highest BCUT2D eigenvalue weighted by Crippen LogP contribution is 1.93. The number of nitrogens with zero attached hydrogens (tertiary/aromatic N) is 1. The van der Waals surface area contributed by atoms with E-state index < -0.39 is 5.60 Å². The molecule has 0 heterocycles. The number of carbonyl (C=O) groups is 1. The maximum atomic E-state index is 9.82. The number of carbonyl (C=O) groups excluding carboxylic acids is 1. The van der Waals surface area contributed by atoms with Gasteiger partial charge in [0.25, 0.3) is 0 Å². The molecule has 0 aliphatic rings. The molecule has 0 atom stereocenters. The lowest BCUT2D eigenvalue weighted by molar-refractivity contribution is -0.140. The normalized spacial score (nSPS) is 8.00. The van der Waals surface area contributed by atoms with Crippen LogP contribution in [0.3, 0.4) is 0 Å². The second-order valence-electron chi connectivity index (χ2n) is 3.70. The lowest BCUT2D eigenvalue weighted by Gasteiger charge is -2.04. The van der Waals surface area contributed by atoms with Crippen molar-refractivity contribution in [2.45, 2.75) is 47.1 Å². The van der Waals surface area contributed by atoms with Crippen LogP contribution in [-0.2, 0) is 9.53 Å². The van der Waals surface area contributed by atoms with Crippen molar-refractivity contribution >= 4 is 29.2 Å². The minimum Gasteiger partial charge on any atom is -0.466 e. The van der Waals surface area contributed by atoms with Crippen LogP contribution in [0.2, 0.25) is 0 Å². The van der Waals surface area contributed by atoms with E-state index in [1.165, 1.54) is 13.8 Å². The van der Waals surface area contributed by atoms with E-state index in [1.54, 1.807) is 33.8 Å². The average Bonchev–Trinajstić information content (AvgIpc) is 2.16. The number of hydrogen-bond acceptors (Lipinski definition) is 4. The summed E-state index contributed by atoms with van der Waals surface area (Å²) in [5.41, 5.74) is -0.500. The summed E-state index contributed by atoms with van der Waals surface area (Å²) in [6.45, 7) is 10.3. The Hall–Kier alpha value is -0.500. The predicted octanol–water partition coefficient (Wildman–Crippen LogP) is 3.34. The van der Waals surface area contributed by atoms with Crippen LogP contribution in [-0.4, -0.2) is 35.0 Å². The molecule has 18 heavy (non-hydrogen) atoms. The summed E-state index contributed by atoms with van der Waals surface area (Å²) in [6, 6.07) is 1.75. The largest absolute Gasteiger partial charge is 0.466 e. The fraction of sp³-hybridized carbons (Fsp3) is 0.833. The number of esters is 1. The van der Waals surface area contributed by atoms with E-state index in [-0.39, 0.29) is 5.97 Å². The Bertz CT molecular complexity index is 190. The highest BCUT2D eigenvalue weighted by atomic mass is 35.5. The van der Waals surface area contributed by atoms with Crippen molar-refractivity contribution in [2.24, 2.45) is 0 Å². The van der Waals surface area contributed by atoms with Gasteiger partial charge in [0.2, 0.25) is 0 Å². The van der Waals surface area contributed by atoms with E-state index in [0.717, 1.165) is 0 Å². The first-order valence-corrected chi connectivity index (χ1v) is 6.45. The zero-order chi connectivity index (χ0) is 15.6. The van der Waals surface area contributed by atoms with Crippen LogP contribution in [0, 0.1) is 11.3 Å². The van der Waals surface area contributed by atoms with E-state index in [0.29, 0.717) is 18.4 Å². The lowest BCUT2D eigenvalue weighted by atomic mass is 10.2. The van der Waals surface area contributed by atoms with E-state index in [9.17, 15) is 4.79 Å². The molecule has 0 amide bonds. The van der Waals surface area contributed by atoms with Gasteiger partial charge in [0.05, 0.1) is 18.3 Å². The Morgan fingerprint density at radius 3 is 1.56 bits per heavy atom. The van der Waals surface area contributed by atoms with Gasteiger partial charge in [-0.15, -0.1) is 23.2 Å². The van der Waals surface area contributed by atoms with Gasteiger partial charge in [-0.05, 0) is 27.7 Å². The molecule has 0 spiro atoms. The molecule has 0 unspecified atom stereocenters. The Kier molecular flexibility index (Phi) is 31.6. The van der Waals surface area contributed by atoms with Crippen LogP contribution >= 0.6 is 23.2 Å². The number of halogens is 2. The Morgan fingerprint density at radius 2 is 1.56 bits per heavy atom. The van der Waals surface area contributed by atoms with Crippen LogP contribution in [0.5, 0.6) is 0 Å². The number of hydrogen-bond donors (Lipinski definition) is 1. The molecule has 0 rings (SSSR count). The molecule has 4 nitrogen and oxygen atoms in total. The number of alkyl halides is 2. The van der Waals surface area contributed by atoms with Crippen LogP contribution in [0.15, 0.2) is 0 Å². The Balaban J connectivity index is -0.0000000750. The van der Waals surface area contributed by atoms with E-state index in [2.05, 4.69) is 4.74 Å². The molecule has 6 heteroatoms. The number of aliphatic hydroxyl groups is 1.